The standard InChI is InChI=1S/C16H24N4O/c1-2-9-19(8-1)14-12-16(21-13-14)4-10-20(11-5-16)15-17-6-3-7-18-15/h3,6-7,14H,1-2,4-5,8-13H2/t14-/m1/s1. The van der Waals surface area contributed by atoms with Gasteiger partial charge < -0.3 is 9.64 Å². The van der Waals surface area contributed by atoms with Crippen molar-refractivity contribution < 1.29 is 4.74 Å². The van der Waals surface area contributed by atoms with Crippen molar-refractivity contribution in [3.63, 3.8) is 0 Å². The number of anilines is 1. The second kappa shape index (κ2) is 5.54. The van der Waals surface area contributed by atoms with E-state index in [1.807, 2.05) is 18.5 Å². The van der Waals surface area contributed by atoms with Crippen LogP contribution in [0.3, 0.4) is 0 Å². The third-order valence-corrected chi connectivity index (χ3v) is 5.36. The highest BCUT2D eigenvalue weighted by Gasteiger charge is 2.44. The third kappa shape index (κ3) is 2.64. The Hall–Kier alpha value is -1.20. The van der Waals surface area contributed by atoms with E-state index in [1.165, 1.54) is 32.4 Å². The molecule has 21 heavy (non-hydrogen) atoms. The van der Waals surface area contributed by atoms with Gasteiger partial charge in [0.25, 0.3) is 0 Å². The van der Waals surface area contributed by atoms with Gasteiger partial charge in [-0.3, -0.25) is 4.90 Å². The minimum atomic E-state index is 0.124. The molecule has 4 rings (SSSR count). The van der Waals surface area contributed by atoms with Crippen molar-refractivity contribution in [1.82, 2.24) is 14.9 Å². The molecule has 0 N–H and O–H groups in total. The number of ether oxygens (including phenoxy) is 1. The van der Waals surface area contributed by atoms with Gasteiger partial charge in [-0.1, -0.05) is 0 Å². The lowest BCUT2D eigenvalue weighted by atomic mass is 9.87. The Bertz CT molecular complexity index is 466. The fourth-order valence-corrected chi connectivity index (χ4v) is 4.08. The highest BCUT2D eigenvalue weighted by molar-refractivity contribution is 5.29. The topological polar surface area (TPSA) is 41.5 Å². The van der Waals surface area contributed by atoms with E-state index >= 15 is 0 Å². The number of hydrogen-bond acceptors (Lipinski definition) is 5. The quantitative estimate of drug-likeness (QED) is 0.828. The summed E-state index contributed by atoms with van der Waals surface area (Å²) in [6.07, 6.45) is 9.80. The van der Waals surface area contributed by atoms with Gasteiger partial charge in [0.2, 0.25) is 5.95 Å². The fraction of sp³-hybridized carbons (Fsp3) is 0.750. The molecular formula is C16H24N4O. The lowest BCUT2D eigenvalue weighted by Gasteiger charge is -2.38. The highest BCUT2D eigenvalue weighted by Crippen LogP contribution is 2.38. The molecule has 5 nitrogen and oxygen atoms in total. The van der Waals surface area contributed by atoms with E-state index < -0.39 is 0 Å². The SMILES string of the molecule is c1cnc(N2CCC3(CC2)C[C@@H](N2CCCC2)CO3)nc1. The van der Waals surface area contributed by atoms with Crippen LogP contribution in [0.2, 0.25) is 0 Å². The van der Waals surface area contributed by atoms with Crippen molar-refractivity contribution in [2.45, 2.75) is 43.7 Å². The van der Waals surface area contributed by atoms with Gasteiger partial charge in [-0.05, 0) is 51.3 Å². The molecule has 1 atom stereocenters. The lowest BCUT2D eigenvalue weighted by molar-refractivity contribution is -0.0159. The first kappa shape index (κ1) is 13.5. The number of nitrogens with zero attached hydrogens (tertiary/aromatic N) is 4. The summed E-state index contributed by atoms with van der Waals surface area (Å²) in [4.78, 5) is 13.7. The second-order valence-electron chi connectivity index (χ2n) is 6.63. The molecule has 1 spiro atoms. The van der Waals surface area contributed by atoms with Gasteiger partial charge >= 0.3 is 0 Å². The fourth-order valence-electron chi connectivity index (χ4n) is 4.08. The number of hydrogen-bond donors (Lipinski definition) is 0. The van der Waals surface area contributed by atoms with E-state index in [1.54, 1.807) is 0 Å². The van der Waals surface area contributed by atoms with Gasteiger partial charge in [0.05, 0.1) is 12.2 Å². The summed E-state index contributed by atoms with van der Waals surface area (Å²) in [7, 11) is 0. The molecule has 0 saturated carbocycles. The van der Waals surface area contributed by atoms with Crippen LogP contribution in [-0.2, 0) is 4.74 Å². The van der Waals surface area contributed by atoms with Crippen molar-refractivity contribution in [3.8, 4) is 0 Å². The maximum atomic E-state index is 6.28. The maximum absolute atomic E-state index is 6.28. The Balaban J connectivity index is 1.37. The Morgan fingerprint density at radius 1 is 1.05 bits per heavy atom. The number of aromatic nitrogens is 2. The molecule has 3 aliphatic rings. The van der Waals surface area contributed by atoms with Crippen molar-refractivity contribution in [1.29, 1.82) is 0 Å². The first-order valence-electron chi connectivity index (χ1n) is 8.25. The van der Waals surface area contributed by atoms with Crippen LogP contribution in [0.5, 0.6) is 0 Å². The molecule has 0 aliphatic carbocycles. The molecule has 0 amide bonds. The zero-order valence-electron chi connectivity index (χ0n) is 12.6. The van der Waals surface area contributed by atoms with E-state index in [-0.39, 0.29) is 5.60 Å². The van der Waals surface area contributed by atoms with E-state index in [4.69, 9.17) is 4.74 Å². The average molecular weight is 288 g/mol. The molecule has 3 fully saturated rings. The van der Waals surface area contributed by atoms with Crippen LogP contribution in [-0.4, -0.2) is 59.3 Å². The summed E-state index contributed by atoms with van der Waals surface area (Å²) in [5.41, 5.74) is 0.124. The predicted octanol–water partition coefficient (Wildman–Crippen LogP) is 1.70. The molecule has 114 valence electrons. The summed E-state index contributed by atoms with van der Waals surface area (Å²) in [5.74, 6) is 0.862. The van der Waals surface area contributed by atoms with Gasteiger partial charge in [0.1, 0.15) is 0 Å². The van der Waals surface area contributed by atoms with Crippen molar-refractivity contribution in [2.75, 3.05) is 37.7 Å². The van der Waals surface area contributed by atoms with Gasteiger partial charge in [0.15, 0.2) is 0 Å². The smallest absolute Gasteiger partial charge is 0.225 e. The van der Waals surface area contributed by atoms with Crippen LogP contribution in [0.1, 0.15) is 32.1 Å². The van der Waals surface area contributed by atoms with Crippen LogP contribution in [0.15, 0.2) is 18.5 Å². The van der Waals surface area contributed by atoms with Crippen molar-refractivity contribution in [2.24, 2.45) is 0 Å². The first-order chi connectivity index (χ1) is 10.3. The van der Waals surface area contributed by atoms with E-state index in [0.717, 1.165) is 38.5 Å². The molecule has 5 heteroatoms. The minimum absolute atomic E-state index is 0.124. The van der Waals surface area contributed by atoms with Crippen LogP contribution in [0.4, 0.5) is 5.95 Å². The highest BCUT2D eigenvalue weighted by atomic mass is 16.5. The van der Waals surface area contributed by atoms with Gasteiger partial charge in [-0.2, -0.15) is 0 Å². The predicted molar refractivity (Wildman–Crippen MR) is 81.4 cm³/mol. The normalized spacial score (nSPS) is 29.3. The van der Waals surface area contributed by atoms with Gasteiger partial charge in [-0.25, -0.2) is 9.97 Å². The van der Waals surface area contributed by atoms with Crippen LogP contribution < -0.4 is 4.90 Å². The Morgan fingerprint density at radius 2 is 1.76 bits per heavy atom. The van der Waals surface area contributed by atoms with E-state index in [9.17, 15) is 0 Å². The summed E-state index contributed by atoms with van der Waals surface area (Å²) in [6, 6.07) is 2.53. The van der Waals surface area contributed by atoms with Crippen LogP contribution in [0, 0.1) is 0 Å². The monoisotopic (exact) mass is 288 g/mol. The number of likely N-dealkylation sites (tertiary alicyclic amines) is 1. The molecule has 1 aromatic rings. The average Bonchev–Trinajstić information content (AvgIpc) is 3.19. The number of rotatable bonds is 2. The lowest BCUT2D eigenvalue weighted by Crippen LogP contribution is -2.45. The summed E-state index contributed by atoms with van der Waals surface area (Å²) in [5, 5.41) is 0. The second-order valence-corrected chi connectivity index (χ2v) is 6.63. The van der Waals surface area contributed by atoms with E-state index in [2.05, 4.69) is 19.8 Å². The Labute approximate surface area is 126 Å². The van der Waals surface area contributed by atoms with Crippen molar-refractivity contribution in [3.05, 3.63) is 18.5 Å². The molecular weight excluding hydrogens is 264 g/mol. The first-order valence-corrected chi connectivity index (χ1v) is 8.25. The molecule has 3 aliphatic heterocycles. The van der Waals surface area contributed by atoms with Crippen molar-refractivity contribution >= 4 is 5.95 Å². The zero-order chi connectivity index (χ0) is 14.1. The molecule has 0 unspecified atom stereocenters. The van der Waals surface area contributed by atoms with Crippen LogP contribution in [0.25, 0.3) is 0 Å². The molecule has 1 aromatic heterocycles. The van der Waals surface area contributed by atoms with E-state index in [0.29, 0.717) is 6.04 Å². The Kier molecular flexibility index (Phi) is 3.55. The van der Waals surface area contributed by atoms with Gasteiger partial charge in [-0.15, -0.1) is 0 Å². The summed E-state index contributed by atoms with van der Waals surface area (Å²) in [6.45, 7) is 5.50. The minimum Gasteiger partial charge on any atom is -0.373 e. The number of piperidine rings is 1. The molecule has 4 heterocycles. The molecule has 0 bridgehead atoms. The molecule has 3 saturated heterocycles. The largest absolute Gasteiger partial charge is 0.373 e. The maximum Gasteiger partial charge on any atom is 0.225 e. The summed E-state index contributed by atoms with van der Waals surface area (Å²) >= 11 is 0. The Morgan fingerprint density at radius 3 is 2.48 bits per heavy atom. The third-order valence-electron chi connectivity index (χ3n) is 5.36. The van der Waals surface area contributed by atoms with Gasteiger partial charge in [0, 0.05) is 31.5 Å². The molecule has 0 radical (unpaired) electrons. The zero-order valence-corrected chi connectivity index (χ0v) is 12.6. The van der Waals surface area contributed by atoms with Crippen LogP contribution >= 0.6 is 0 Å². The molecule has 0 aromatic carbocycles. The summed E-state index contributed by atoms with van der Waals surface area (Å²) < 4.78 is 6.28.